The lowest BCUT2D eigenvalue weighted by atomic mass is 10.1. The molecule has 158 valence electrons. The Morgan fingerprint density at radius 3 is 2.39 bits per heavy atom. The van der Waals surface area contributed by atoms with E-state index in [9.17, 15) is 23.1 Å². The van der Waals surface area contributed by atoms with Crippen LogP contribution in [0.3, 0.4) is 0 Å². The summed E-state index contributed by atoms with van der Waals surface area (Å²) in [5, 5.41) is 9.77. The third kappa shape index (κ3) is 3.88. The molecular formula is C23H18F3N3O2. The van der Waals surface area contributed by atoms with Crippen LogP contribution in [0, 0.1) is 0 Å². The minimum Gasteiger partial charge on any atom is -0.507 e. The van der Waals surface area contributed by atoms with Crippen molar-refractivity contribution < 1.29 is 18.3 Å². The highest BCUT2D eigenvalue weighted by Crippen LogP contribution is 2.34. The molecule has 0 fully saturated rings. The molecule has 0 amide bonds. The average Bonchev–Trinajstić information content (AvgIpc) is 2.73. The topological polar surface area (TPSA) is 68.0 Å². The number of pyridine rings is 1. The number of alkyl halides is 3. The Morgan fingerprint density at radius 1 is 1.03 bits per heavy atom. The number of fused-ring (bicyclic) bond motifs is 1. The molecule has 1 N–H and O–H groups in total. The van der Waals surface area contributed by atoms with Crippen molar-refractivity contribution in [3.8, 4) is 17.1 Å². The van der Waals surface area contributed by atoms with Gasteiger partial charge in [-0.25, -0.2) is 4.98 Å². The first-order valence-electron chi connectivity index (χ1n) is 9.58. The first kappa shape index (κ1) is 20.6. The normalized spacial score (nSPS) is 12.8. The van der Waals surface area contributed by atoms with E-state index in [1.54, 1.807) is 25.1 Å². The number of aromatic nitrogens is 3. The van der Waals surface area contributed by atoms with Gasteiger partial charge in [0.2, 0.25) is 0 Å². The number of aromatic hydroxyl groups is 1. The van der Waals surface area contributed by atoms with E-state index >= 15 is 0 Å². The van der Waals surface area contributed by atoms with Gasteiger partial charge in [-0.05, 0) is 37.1 Å². The molecule has 5 nitrogen and oxygen atoms in total. The van der Waals surface area contributed by atoms with E-state index in [0.29, 0.717) is 6.42 Å². The molecule has 0 radical (unpaired) electrons. The third-order valence-electron chi connectivity index (χ3n) is 5.04. The molecule has 2 aromatic heterocycles. The van der Waals surface area contributed by atoms with Crippen LogP contribution >= 0.6 is 0 Å². The fourth-order valence-corrected chi connectivity index (χ4v) is 3.66. The summed E-state index contributed by atoms with van der Waals surface area (Å²) in [6, 6.07) is 16.3. The lowest BCUT2D eigenvalue weighted by Crippen LogP contribution is -2.29. The van der Waals surface area contributed by atoms with E-state index in [1.165, 1.54) is 16.7 Å². The average molecular weight is 425 g/mol. The van der Waals surface area contributed by atoms with Crippen molar-refractivity contribution in [1.29, 1.82) is 0 Å². The predicted octanol–water partition coefficient (Wildman–Crippen LogP) is 4.99. The fraction of sp³-hybridized carbons (Fsp3) is 0.174. The highest BCUT2D eigenvalue weighted by atomic mass is 19.4. The van der Waals surface area contributed by atoms with Gasteiger partial charge in [-0.2, -0.15) is 13.2 Å². The minimum absolute atomic E-state index is 0.0957. The Hall–Kier alpha value is -3.68. The monoisotopic (exact) mass is 425 g/mol. The minimum atomic E-state index is -4.81. The third-order valence-corrected chi connectivity index (χ3v) is 5.04. The quantitative estimate of drug-likeness (QED) is 0.500. The van der Waals surface area contributed by atoms with Crippen LogP contribution in [-0.2, 0) is 12.6 Å². The fourth-order valence-electron chi connectivity index (χ4n) is 3.66. The Bertz CT molecular complexity index is 1300. The van der Waals surface area contributed by atoms with Gasteiger partial charge in [0, 0.05) is 12.2 Å². The largest absolute Gasteiger partial charge is 0.507 e. The number of rotatable bonds is 4. The Balaban J connectivity index is 2.03. The van der Waals surface area contributed by atoms with Gasteiger partial charge in [0.1, 0.15) is 11.6 Å². The molecule has 2 heterocycles. The van der Waals surface area contributed by atoms with Crippen LogP contribution in [0.1, 0.15) is 24.2 Å². The molecule has 0 saturated carbocycles. The summed E-state index contributed by atoms with van der Waals surface area (Å²) in [5.41, 5.74) is -1.09. The molecular weight excluding hydrogens is 407 g/mol. The molecule has 0 unspecified atom stereocenters. The number of halogens is 3. The van der Waals surface area contributed by atoms with Crippen molar-refractivity contribution in [2.45, 2.75) is 25.6 Å². The van der Waals surface area contributed by atoms with Crippen molar-refractivity contribution >= 4 is 10.9 Å². The summed E-state index contributed by atoms with van der Waals surface area (Å²) in [6.45, 7) is 1.73. The van der Waals surface area contributed by atoms with Crippen LogP contribution in [0.5, 0.6) is 5.75 Å². The summed E-state index contributed by atoms with van der Waals surface area (Å²) in [7, 11) is 0. The van der Waals surface area contributed by atoms with Gasteiger partial charge in [-0.15, -0.1) is 0 Å². The molecule has 0 aliphatic carbocycles. The molecule has 2 aromatic carbocycles. The molecule has 4 aromatic rings. The summed E-state index contributed by atoms with van der Waals surface area (Å²) in [5.74, 6) is -0.0298. The first-order valence-corrected chi connectivity index (χ1v) is 9.58. The zero-order valence-electron chi connectivity index (χ0n) is 16.5. The summed E-state index contributed by atoms with van der Waals surface area (Å²) >= 11 is 0. The van der Waals surface area contributed by atoms with E-state index < -0.39 is 28.9 Å². The van der Waals surface area contributed by atoms with Gasteiger partial charge in [0.25, 0.3) is 5.56 Å². The molecule has 0 aliphatic rings. The first-order chi connectivity index (χ1) is 14.8. The summed E-state index contributed by atoms with van der Waals surface area (Å²) < 4.78 is 42.0. The van der Waals surface area contributed by atoms with Crippen LogP contribution < -0.4 is 5.56 Å². The predicted molar refractivity (Wildman–Crippen MR) is 111 cm³/mol. The number of hydrogen-bond donors (Lipinski definition) is 1. The standard InChI is InChI=1S/C23H18F3N3O2/c1-14(13-15-7-3-2-4-8-15)29-21(16-9-5-6-10-18(16)30)28-17-11-12-27-20(23(24,25)26)19(17)22(29)31/h2-12,14,30H,13H2,1H3/t14-/m1/s1. The van der Waals surface area contributed by atoms with Gasteiger partial charge in [0.05, 0.1) is 16.5 Å². The highest BCUT2D eigenvalue weighted by molar-refractivity contribution is 5.82. The van der Waals surface area contributed by atoms with Crippen LogP contribution in [0.4, 0.5) is 13.2 Å². The number of nitrogens with zero attached hydrogens (tertiary/aromatic N) is 3. The lowest BCUT2D eigenvalue weighted by Gasteiger charge is -2.21. The van der Waals surface area contributed by atoms with Gasteiger partial charge in [-0.3, -0.25) is 14.3 Å². The Kier molecular flexibility index (Phi) is 5.22. The second-order valence-electron chi connectivity index (χ2n) is 7.22. The van der Waals surface area contributed by atoms with Gasteiger partial charge < -0.3 is 5.11 Å². The second-order valence-corrected chi connectivity index (χ2v) is 7.22. The van der Waals surface area contributed by atoms with Crippen molar-refractivity contribution in [1.82, 2.24) is 14.5 Å². The molecule has 0 saturated heterocycles. The van der Waals surface area contributed by atoms with Crippen LogP contribution in [0.25, 0.3) is 22.3 Å². The number of benzene rings is 2. The van der Waals surface area contributed by atoms with Gasteiger partial charge >= 0.3 is 6.18 Å². The molecule has 4 rings (SSSR count). The number of phenols is 1. The molecule has 0 bridgehead atoms. The van der Waals surface area contributed by atoms with Crippen molar-refractivity contribution in [3.63, 3.8) is 0 Å². The maximum absolute atomic E-state index is 13.6. The van der Waals surface area contributed by atoms with E-state index in [1.807, 2.05) is 30.3 Å². The van der Waals surface area contributed by atoms with Crippen LogP contribution in [-0.4, -0.2) is 19.6 Å². The maximum Gasteiger partial charge on any atom is 0.434 e. The number of phenolic OH excluding ortho intramolecular Hbond substituents is 1. The molecule has 8 heteroatoms. The van der Waals surface area contributed by atoms with E-state index in [4.69, 9.17) is 0 Å². The highest BCUT2D eigenvalue weighted by Gasteiger charge is 2.36. The van der Waals surface area contributed by atoms with Crippen LogP contribution in [0.15, 0.2) is 71.7 Å². The Labute approximate surface area is 175 Å². The summed E-state index contributed by atoms with van der Waals surface area (Å²) in [6.07, 6.45) is -3.45. The SMILES string of the molecule is C[C@H](Cc1ccccc1)n1c(-c2ccccc2O)nc2ccnc(C(F)(F)F)c2c1=O. The number of para-hydroxylation sites is 1. The zero-order chi connectivity index (χ0) is 22.2. The van der Waals surface area contributed by atoms with Crippen molar-refractivity contribution in [3.05, 3.63) is 88.5 Å². The van der Waals surface area contributed by atoms with Crippen molar-refractivity contribution in [2.75, 3.05) is 0 Å². The van der Waals surface area contributed by atoms with E-state index in [2.05, 4.69) is 9.97 Å². The van der Waals surface area contributed by atoms with E-state index in [0.717, 1.165) is 11.8 Å². The Morgan fingerprint density at radius 2 is 1.71 bits per heavy atom. The molecule has 0 spiro atoms. The van der Waals surface area contributed by atoms with Crippen LogP contribution in [0.2, 0.25) is 0 Å². The number of hydrogen-bond acceptors (Lipinski definition) is 4. The maximum atomic E-state index is 13.6. The zero-order valence-corrected chi connectivity index (χ0v) is 16.5. The van der Waals surface area contributed by atoms with E-state index in [-0.39, 0.29) is 22.7 Å². The smallest absolute Gasteiger partial charge is 0.434 e. The lowest BCUT2D eigenvalue weighted by molar-refractivity contribution is -0.139. The molecule has 31 heavy (non-hydrogen) atoms. The summed E-state index contributed by atoms with van der Waals surface area (Å²) in [4.78, 5) is 21.2. The van der Waals surface area contributed by atoms with Gasteiger partial charge in [-0.1, -0.05) is 42.5 Å². The van der Waals surface area contributed by atoms with Gasteiger partial charge in [0.15, 0.2) is 5.69 Å². The molecule has 1 atom stereocenters. The van der Waals surface area contributed by atoms with Crippen molar-refractivity contribution in [2.24, 2.45) is 0 Å². The second kappa shape index (κ2) is 7.86. The molecule has 0 aliphatic heterocycles.